The molecule has 1 atom stereocenters. The molecule has 0 spiro atoms. The monoisotopic (exact) mass is 429 g/mol. The molecule has 0 aromatic heterocycles. The van der Waals surface area contributed by atoms with Crippen LogP contribution in [0, 0.1) is 5.92 Å². The van der Waals surface area contributed by atoms with E-state index in [9.17, 15) is 9.59 Å². The van der Waals surface area contributed by atoms with Crippen molar-refractivity contribution in [2.75, 3.05) is 18.0 Å². The van der Waals surface area contributed by atoms with Gasteiger partial charge in [0.05, 0.1) is 25.2 Å². The highest BCUT2D eigenvalue weighted by molar-refractivity contribution is 9.11. The van der Waals surface area contributed by atoms with Crippen LogP contribution in [0.3, 0.4) is 0 Å². The summed E-state index contributed by atoms with van der Waals surface area (Å²) in [6.07, 6.45) is 2.59. The zero-order chi connectivity index (χ0) is 15.9. The summed E-state index contributed by atoms with van der Waals surface area (Å²) in [6.45, 7) is 4.23. The van der Waals surface area contributed by atoms with Crippen molar-refractivity contribution >= 4 is 49.4 Å². The first-order chi connectivity index (χ1) is 10.5. The summed E-state index contributed by atoms with van der Waals surface area (Å²) < 4.78 is 1.67. The average Bonchev–Trinajstić information content (AvgIpc) is 2.76. The zero-order valence-corrected chi connectivity index (χ0v) is 15.6. The Kier molecular flexibility index (Phi) is 4.71. The summed E-state index contributed by atoms with van der Waals surface area (Å²) in [5.41, 5.74) is 0.644. The van der Waals surface area contributed by atoms with E-state index in [1.807, 2.05) is 12.1 Å². The average molecular weight is 431 g/mol. The minimum Gasteiger partial charge on any atom is -0.324 e. The Labute approximate surface area is 147 Å². The topological polar surface area (TPSA) is 41.8 Å². The predicted octanol–water partition coefficient (Wildman–Crippen LogP) is 2.16. The molecule has 2 fully saturated rings. The number of rotatable bonds is 2. The van der Waals surface area contributed by atoms with E-state index >= 15 is 0 Å². The molecule has 3 rings (SSSR count). The van der Waals surface area contributed by atoms with Crippen molar-refractivity contribution in [3.8, 4) is 0 Å². The quantitative estimate of drug-likeness (QED) is 0.730. The first-order valence-corrected chi connectivity index (χ1v) is 9.22. The third kappa shape index (κ3) is 3.01. The number of hydrogen-bond acceptors (Lipinski definition) is 2. The van der Waals surface area contributed by atoms with Gasteiger partial charge < -0.3 is 4.90 Å². The molecule has 0 bridgehead atoms. The summed E-state index contributed by atoms with van der Waals surface area (Å²) in [7, 11) is 0. The molecule has 0 saturated carbocycles. The molecule has 0 unspecified atom stereocenters. The number of imide groups is 1. The molecule has 118 valence electrons. The molecule has 2 saturated heterocycles. The number of nitrogens with one attached hydrogen (secondary N) is 1. The predicted molar refractivity (Wildman–Crippen MR) is 91.8 cm³/mol. The van der Waals surface area contributed by atoms with Crippen LogP contribution < -0.4 is 9.80 Å². The number of amides is 2. The third-order valence-corrected chi connectivity index (χ3v) is 5.83. The van der Waals surface area contributed by atoms with Crippen molar-refractivity contribution in [2.24, 2.45) is 5.92 Å². The molecule has 0 radical (unpaired) electrons. The molecule has 2 amide bonds. The lowest BCUT2D eigenvalue weighted by molar-refractivity contribution is -0.920. The Morgan fingerprint density at radius 1 is 1.18 bits per heavy atom. The highest BCUT2D eigenvalue weighted by Crippen LogP contribution is 2.32. The summed E-state index contributed by atoms with van der Waals surface area (Å²) in [6, 6.07) is 5.30. The van der Waals surface area contributed by atoms with Crippen molar-refractivity contribution in [1.29, 1.82) is 0 Å². The molecule has 1 N–H and O–H groups in total. The number of anilines is 1. The van der Waals surface area contributed by atoms with Gasteiger partial charge in [-0.2, -0.15) is 0 Å². The van der Waals surface area contributed by atoms with Gasteiger partial charge in [-0.3, -0.25) is 9.59 Å². The Hall–Kier alpha value is -0.720. The summed E-state index contributed by atoms with van der Waals surface area (Å²) >= 11 is 6.85. The maximum atomic E-state index is 12.8. The van der Waals surface area contributed by atoms with Gasteiger partial charge in [0.2, 0.25) is 5.91 Å². The van der Waals surface area contributed by atoms with Crippen LogP contribution in [-0.2, 0) is 9.59 Å². The molecule has 22 heavy (non-hydrogen) atoms. The van der Waals surface area contributed by atoms with Crippen LogP contribution >= 0.6 is 31.9 Å². The maximum absolute atomic E-state index is 12.8. The van der Waals surface area contributed by atoms with Crippen LogP contribution in [-0.4, -0.2) is 30.9 Å². The fourth-order valence-corrected chi connectivity index (χ4v) is 4.57. The molecule has 0 aliphatic carbocycles. The first kappa shape index (κ1) is 16.1. The number of quaternary nitrogens is 1. The summed E-state index contributed by atoms with van der Waals surface area (Å²) in [5, 5.41) is 0. The number of carbonyl (C=O) groups excluding carboxylic acids is 2. The van der Waals surface area contributed by atoms with E-state index in [1.165, 1.54) is 9.80 Å². The Bertz CT molecular complexity index is 612. The van der Waals surface area contributed by atoms with Gasteiger partial charge in [-0.1, -0.05) is 22.9 Å². The minimum absolute atomic E-state index is 0.0578. The van der Waals surface area contributed by atoms with E-state index < -0.39 is 0 Å². The van der Waals surface area contributed by atoms with Crippen molar-refractivity contribution in [2.45, 2.75) is 32.2 Å². The standard InChI is InChI=1S/C16H18Br2N2O2/c1-10-4-6-19(7-5-10)14-9-15(21)20(16(14)22)13-3-2-11(17)8-12(13)18/h2-3,8,10,14H,4-7,9H2,1H3/p+1/t14-/m1/s1. The molecule has 4 nitrogen and oxygen atoms in total. The van der Waals surface area contributed by atoms with Gasteiger partial charge in [-0.15, -0.1) is 0 Å². The zero-order valence-electron chi connectivity index (χ0n) is 12.4. The van der Waals surface area contributed by atoms with Crippen molar-refractivity contribution < 1.29 is 14.5 Å². The third-order valence-electron chi connectivity index (χ3n) is 4.71. The molecule has 2 aliphatic heterocycles. The number of piperidine rings is 1. The van der Waals surface area contributed by atoms with Crippen LogP contribution in [0.4, 0.5) is 5.69 Å². The van der Waals surface area contributed by atoms with E-state index in [0.29, 0.717) is 12.1 Å². The summed E-state index contributed by atoms with van der Waals surface area (Å²) in [5.74, 6) is 0.578. The second-order valence-corrected chi connectivity index (χ2v) is 8.03. The van der Waals surface area contributed by atoms with Crippen LogP contribution in [0.2, 0.25) is 0 Å². The number of nitrogens with zero attached hydrogens (tertiary/aromatic N) is 1. The number of benzene rings is 1. The lowest BCUT2D eigenvalue weighted by atomic mass is 9.97. The van der Waals surface area contributed by atoms with Gasteiger partial charge in [0.1, 0.15) is 0 Å². The van der Waals surface area contributed by atoms with Crippen molar-refractivity contribution in [1.82, 2.24) is 0 Å². The van der Waals surface area contributed by atoms with Gasteiger partial charge in [0, 0.05) is 8.95 Å². The van der Waals surface area contributed by atoms with Gasteiger partial charge in [0.25, 0.3) is 5.91 Å². The van der Waals surface area contributed by atoms with E-state index in [1.54, 1.807) is 6.07 Å². The number of carbonyl (C=O) groups is 2. The second-order valence-electron chi connectivity index (χ2n) is 6.26. The second kappa shape index (κ2) is 6.42. The number of likely N-dealkylation sites (tertiary alicyclic amines) is 1. The minimum atomic E-state index is -0.212. The van der Waals surface area contributed by atoms with Crippen LogP contribution in [0.25, 0.3) is 0 Å². The lowest BCUT2D eigenvalue weighted by Gasteiger charge is -2.30. The lowest BCUT2D eigenvalue weighted by Crippen LogP contribution is -3.17. The fourth-order valence-electron chi connectivity index (χ4n) is 3.35. The molecule has 6 heteroatoms. The normalized spacial score (nSPS) is 29.2. The van der Waals surface area contributed by atoms with Crippen molar-refractivity contribution in [3.05, 3.63) is 27.1 Å². The van der Waals surface area contributed by atoms with E-state index in [2.05, 4.69) is 38.8 Å². The number of hydrogen-bond donors (Lipinski definition) is 1. The molecular formula is C16H19Br2N2O2+. The van der Waals surface area contributed by atoms with Crippen LogP contribution in [0.15, 0.2) is 27.1 Å². The Morgan fingerprint density at radius 2 is 1.86 bits per heavy atom. The Balaban J connectivity index is 1.82. The van der Waals surface area contributed by atoms with Gasteiger partial charge in [0.15, 0.2) is 6.04 Å². The SMILES string of the molecule is CC1CC[NH+]([C@@H]2CC(=O)N(c3ccc(Br)cc3Br)C2=O)CC1. The van der Waals surface area contributed by atoms with E-state index in [-0.39, 0.29) is 17.9 Å². The molecular weight excluding hydrogens is 412 g/mol. The van der Waals surface area contributed by atoms with E-state index in [4.69, 9.17) is 0 Å². The van der Waals surface area contributed by atoms with E-state index in [0.717, 1.165) is 40.8 Å². The number of halogens is 2. The van der Waals surface area contributed by atoms with Crippen LogP contribution in [0.1, 0.15) is 26.2 Å². The summed E-state index contributed by atoms with van der Waals surface area (Å²) in [4.78, 5) is 27.8. The fraction of sp³-hybridized carbons (Fsp3) is 0.500. The molecule has 1 aromatic rings. The molecule has 2 heterocycles. The van der Waals surface area contributed by atoms with Gasteiger partial charge in [-0.25, -0.2) is 4.90 Å². The van der Waals surface area contributed by atoms with Gasteiger partial charge >= 0.3 is 0 Å². The molecule has 2 aliphatic rings. The largest absolute Gasteiger partial charge is 0.324 e. The van der Waals surface area contributed by atoms with Crippen LogP contribution in [0.5, 0.6) is 0 Å². The highest BCUT2D eigenvalue weighted by Gasteiger charge is 2.46. The highest BCUT2D eigenvalue weighted by atomic mass is 79.9. The Morgan fingerprint density at radius 3 is 2.50 bits per heavy atom. The smallest absolute Gasteiger partial charge is 0.292 e. The first-order valence-electron chi connectivity index (χ1n) is 7.64. The molecule has 1 aromatic carbocycles. The van der Waals surface area contributed by atoms with Crippen molar-refractivity contribution in [3.63, 3.8) is 0 Å². The maximum Gasteiger partial charge on any atom is 0.292 e. The van der Waals surface area contributed by atoms with Gasteiger partial charge in [-0.05, 0) is 52.9 Å².